The fourth-order valence-electron chi connectivity index (χ4n) is 3.75. The molecule has 1 heteroatoms. The first-order chi connectivity index (χ1) is 11.4. The molecule has 0 amide bonds. The van der Waals surface area contributed by atoms with Gasteiger partial charge in [-0.25, -0.2) is 0 Å². The van der Waals surface area contributed by atoms with E-state index in [-0.39, 0.29) is 5.54 Å². The highest BCUT2D eigenvalue weighted by Gasteiger charge is 2.26. The highest BCUT2D eigenvalue weighted by atomic mass is 15.0. The number of aryl methyl sites for hydroxylation is 3. The molecule has 3 rings (SSSR count). The molecule has 0 heterocycles. The molecule has 1 N–H and O–H groups in total. The van der Waals surface area contributed by atoms with E-state index < -0.39 is 0 Å². The highest BCUT2D eigenvalue weighted by molar-refractivity contribution is 5.61. The highest BCUT2D eigenvalue weighted by Crippen LogP contribution is 2.36. The number of anilines is 1. The average molecular weight is 317 g/mol. The summed E-state index contributed by atoms with van der Waals surface area (Å²) in [7, 11) is 0. The lowest BCUT2D eigenvalue weighted by Crippen LogP contribution is -2.30. The van der Waals surface area contributed by atoms with Gasteiger partial charge in [0.15, 0.2) is 0 Å². The van der Waals surface area contributed by atoms with Gasteiger partial charge in [-0.2, -0.15) is 0 Å². The number of rotatable bonds is 4. The van der Waals surface area contributed by atoms with Gasteiger partial charge in [0.25, 0.3) is 0 Å². The minimum atomic E-state index is -0.147. The van der Waals surface area contributed by atoms with Crippen LogP contribution in [0, 0.1) is 20.8 Å². The third-order valence-corrected chi connectivity index (χ3v) is 4.86. The Kier molecular flexibility index (Phi) is 4.36. The SMILES string of the molecule is Cc1cc(C)c(NC(C)(C)c2ccccc2C2C=CC=C2)c(C)c1. The summed E-state index contributed by atoms with van der Waals surface area (Å²) < 4.78 is 0. The molecular formula is C23H27N. The van der Waals surface area contributed by atoms with Gasteiger partial charge in [-0.1, -0.05) is 66.3 Å². The zero-order valence-corrected chi connectivity index (χ0v) is 15.4. The van der Waals surface area contributed by atoms with Crippen molar-refractivity contribution in [3.05, 3.63) is 88.5 Å². The lowest BCUT2D eigenvalue weighted by Gasteiger charge is -2.33. The molecule has 24 heavy (non-hydrogen) atoms. The number of hydrogen-bond acceptors (Lipinski definition) is 1. The molecule has 0 atom stereocenters. The van der Waals surface area contributed by atoms with Crippen molar-refractivity contribution in [3.8, 4) is 0 Å². The van der Waals surface area contributed by atoms with Crippen LogP contribution < -0.4 is 5.32 Å². The monoisotopic (exact) mass is 317 g/mol. The standard InChI is InChI=1S/C23H27N/c1-16-14-17(2)22(18(3)15-16)24-23(4,5)21-13-9-8-12-20(21)19-10-6-7-11-19/h6-15,19,24H,1-5H3. The molecule has 1 nitrogen and oxygen atoms in total. The van der Waals surface area contributed by atoms with E-state index in [4.69, 9.17) is 0 Å². The van der Waals surface area contributed by atoms with E-state index in [1.165, 1.54) is 33.5 Å². The molecule has 2 aromatic carbocycles. The van der Waals surface area contributed by atoms with E-state index in [0.29, 0.717) is 5.92 Å². The second-order valence-corrected chi connectivity index (χ2v) is 7.41. The second kappa shape index (κ2) is 6.32. The van der Waals surface area contributed by atoms with Gasteiger partial charge in [-0.15, -0.1) is 0 Å². The van der Waals surface area contributed by atoms with Crippen LogP contribution in [0.1, 0.15) is 47.6 Å². The Morgan fingerprint density at radius 3 is 2.08 bits per heavy atom. The van der Waals surface area contributed by atoms with Crippen LogP contribution >= 0.6 is 0 Å². The molecule has 0 bridgehead atoms. The van der Waals surface area contributed by atoms with E-state index in [9.17, 15) is 0 Å². The average Bonchev–Trinajstić information content (AvgIpc) is 3.05. The van der Waals surface area contributed by atoms with Crippen LogP contribution in [0.5, 0.6) is 0 Å². The van der Waals surface area contributed by atoms with Gasteiger partial charge >= 0.3 is 0 Å². The van der Waals surface area contributed by atoms with Crippen molar-refractivity contribution in [1.29, 1.82) is 0 Å². The van der Waals surface area contributed by atoms with E-state index >= 15 is 0 Å². The van der Waals surface area contributed by atoms with Crippen molar-refractivity contribution in [3.63, 3.8) is 0 Å². The third kappa shape index (κ3) is 3.17. The van der Waals surface area contributed by atoms with Crippen molar-refractivity contribution < 1.29 is 0 Å². The topological polar surface area (TPSA) is 12.0 Å². The molecular weight excluding hydrogens is 290 g/mol. The molecule has 0 saturated heterocycles. The van der Waals surface area contributed by atoms with Crippen LogP contribution in [0.2, 0.25) is 0 Å². The summed E-state index contributed by atoms with van der Waals surface area (Å²) in [6.45, 7) is 11.1. The predicted molar refractivity (Wildman–Crippen MR) is 105 cm³/mol. The zero-order chi connectivity index (χ0) is 17.3. The normalized spacial score (nSPS) is 14.4. The fourth-order valence-corrected chi connectivity index (χ4v) is 3.75. The van der Waals surface area contributed by atoms with Crippen LogP contribution in [0.15, 0.2) is 60.7 Å². The number of benzene rings is 2. The zero-order valence-electron chi connectivity index (χ0n) is 15.4. The maximum atomic E-state index is 3.81. The summed E-state index contributed by atoms with van der Waals surface area (Å²) in [6, 6.07) is 13.3. The summed E-state index contributed by atoms with van der Waals surface area (Å²) in [5, 5.41) is 3.81. The van der Waals surface area contributed by atoms with Crippen LogP contribution in [0.25, 0.3) is 0 Å². The Morgan fingerprint density at radius 1 is 0.875 bits per heavy atom. The maximum Gasteiger partial charge on any atom is 0.0572 e. The molecule has 0 saturated carbocycles. The van der Waals surface area contributed by atoms with Crippen LogP contribution in [-0.2, 0) is 5.54 Å². The molecule has 0 aromatic heterocycles. The minimum Gasteiger partial charge on any atom is -0.376 e. The molecule has 0 spiro atoms. The van der Waals surface area contributed by atoms with Crippen molar-refractivity contribution in [2.45, 2.75) is 46.1 Å². The Hall–Kier alpha value is -2.28. The first kappa shape index (κ1) is 16.6. The smallest absolute Gasteiger partial charge is 0.0572 e. The summed E-state index contributed by atoms with van der Waals surface area (Å²) in [4.78, 5) is 0. The van der Waals surface area contributed by atoms with Gasteiger partial charge in [-0.3, -0.25) is 0 Å². The molecule has 0 fully saturated rings. The van der Waals surface area contributed by atoms with Gasteiger partial charge in [0.05, 0.1) is 5.54 Å². The van der Waals surface area contributed by atoms with E-state index in [1.807, 2.05) is 0 Å². The van der Waals surface area contributed by atoms with E-state index in [1.54, 1.807) is 0 Å². The summed E-state index contributed by atoms with van der Waals surface area (Å²) in [5.41, 5.74) is 7.75. The molecule has 1 aliphatic carbocycles. The number of hydrogen-bond donors (Lipinski definition) is 1. The lowest BCUT2D eigenvalue weighted by molar-refractivity contribution is 0.600. The van der Waals surface area contributed by atoms with Gasteiger partial charge in [0, 0.05) is 11.6 Å². The molecule has 0 aliphatic heterocycles. The van der Waals surface area contributed by atoms with Crippen LogP contribution in [0.3, 0.4) is 0 Å². The fraction of sp³-hybridized carbons (Fsp3) is 0.304. The Morgan fingerprint density at radius 2 is 1.46 bits per heavy atom. The summed E-state index contributed by atoms with van der Waals surface area (Å²) >= 11 is 0. The van der Waals surface area contributed by atoms with Crippen molar-refractivity contribution in [2.24, 2.45) is 0 Å². The summed E-state index contributed by atoms with van der Waals surface area (Å²) in [6.07, 6.45) is 8.79. The molecule has 124 valence electrons. The second-order valence-electron chi connectivity index (χ2n) is 7.41. The minimum absolute atomic E-state index is 0.147. The van der Waals surface area contributed by atoms with Crippen LogP contribution in [0.4, 0.5) is 5.69 Å². The first-order valence-electron chi connectivity index (χ1n) is 8.69. The first-order valence-corrected chi connectivity index (χ1v) is 8.69. The predicted octanol–water partition coefficient (Wildman–Crippen LogP) is 6.17. The summed E-state index contributed by atoms with van der Waals surface area (Å²) in [5.74, 6) is 0.377. The Labute approximate surface area is 146 Å². The number of nitrogens with one attached hydrogen (secondary N) is 1. The lowest BCUT2D eigenvalue weighted by atomic mass is 9.84. The van der Waals surface area contributed by atoms with Crippen molar-refractivity contribution in [2.75, 3.05) is 5.32 Å². The van der Waals surface area contributed by atoms with E-state index in [2.05, 4.69) is 101 Å². The Bertz CT molecular complexity index is 774. The Balaban J connectivity index is 2.00. The van der Waals surface area contributed by atoms with Crippen molar-refractivity contribution in [1.82, 2.24) is 0 Å². The van der Waals surface area contributed by atoms with Gasteiger partial charge in [0.1, 0.15) is 0 Å². The quantitative estimate of drug-likeness (QED) is 0.711. The van der Waals surface area contributed by atoms with Crippen LogP contribution in [-0.4, -0.2) is 0 Å². The van der Waals surface area contributed by atoms with E-state index in [0.717, 1.165) is 0 Å². The molecule has 2 aromatic rings. The van der Waals surface area contributed by atoms with Gasteiger partial charge in [-0.05, 0) is 56.9 Å². The van der Waals surface area contributed by atoms with Crippen molar-refractivity contribution >= 4 is 5.69 Å². The number of allylic oxidation sites excluding steroid dienone is 4. The largest absolute Gasteiger partial charge is 0.376 e. The molecule has 0 unspecified atom stereocenters. The maximum absolute atomic E-state index is 3.81. The van der Waals surface area contributed by atoms with Gasteiger partial charge < -0.3 is 5.32 Å². The van der Waals surface area contributed by atoms with Gasteiger partial charge in [0.2, 0.25) is 0 Å². The third-order valence-electron chi connectivity index (χ3n) is 4.86. The molecule has 1 aliphatic rings. The molecule has 0 radical (unpaired) electrons.